The van der Waals surface area contributed by atoms with Crippen molar-refractivity contribution in [3.63, 3.8) is 0 Å². The van der Waals surface area contributed by atoms with Crippen LogP contribution in [0.3, 0.4) is 0 Å². The Morgan fingerprint density at radius 2 is 2.13 bits per heavy atom. The Balaban J connectivity index is 1.92. The molecule has 2 N–H and O–H groups in total. The minimum Gasteiger partial charge on any atom is -0.507 e. The molecule has 3 heteroatoms. The Morgan fingerprint density at radius 3 is 2.73 bits per heavy atom. The predicted molar refractivity (Wildman–Crippen MR) is 57.8 cm³/mol. The molecule has 0 bridgehead atoms. The Bertz CT molecular complexity index is 358. The number of para-hydroxylation sites is 1. The average Bonchev–Trinajstić information content (AvgIpc) is 2.16. The molecule has 3 nitrogen and oxygen atoms in total. The molecule has 1 aliphatic carbocycles. The average molecular weight is 205 g/mol. The van der Waals surface area contributed by atoms with Crippen LogP contribution in [0.15, 0.2) is 24.3 Å². The molecule has 1 fully saturated rings. The van der Waals surface area contributed by atoms with Crippen molar-refractivity contribution in [2.45, 2.75) is 19.3 Å². The van der Waals surface area contributed by atoms with Crippen LogP contribution in [0.2, 0.25) is 0 Å². The molecule has 0 aliphatic heterocycles. The molecule has 1 amide bonds. The van der Waals surface area contributed by atoms with Crippen LogP contribution in [0.5, 0.6) is 5.75 Å². The van der Waals surface area contributed by atoms with Crippen LogP contribution in [0.25, 0.3) is 0 Å². The number of benzene rings is 1. The van der Waals surface area contributed by atoms with Gasteiger partial charge in [-0.15, -0.1) is 0 Å². The van der Waals surface area contributed by atoms with Crippen molar-refractivity contribution in [3.8, 4) is 5.75 Å². The predicted octanol–water partition coefficient (Wildman–Crippen LogP) is 1.92. The van der Waals surface area contributed by atoms with Gasteiger partial charge < -0.3 is 10.4 Å². The Kier molecular flexibility index (Phi) is 2.90. The molecule has 0 spiro atoms. The molecule has 2 rings (SSSR count). The summed E-state index contributed by atoms with van der Waals surface area (Å²) in [6.07, 6.45) is 3.69. The first-order valence-electron chi connectivity index (χ1n) is 5.33. The van der Waals surface area contributed by atoms with Crippen LogP contribution >= 0.6 is 0 Å². The van der Waals surface area contributed by atoms with Crippen LogP contribution in [0.4, 0.5) is 0 Å². The molecule has 0 unspecified atom stereocenters. The zero-order valence-corrected chi connectivity index (χ0v) is 8.57. The normalized spacial score (nSPS) is 15.7. The Morgan fingerprint density at radius 1 is 1.40 bits per heavy atom. The Labute approximate surface area is 89.1 Å². The molecule has 1 aromatic carbocycles. The second-order valence-corrected chi connectivity index (χ2v) is 4.02. The number of carbonyl (C=O) groups is 1. The summed E-state index contributed by atoms with van der Waals surface area (Å²) in [5.74, 6) is 0.503. The summed E-state index contributed by atoms with van der Waals surface area (Å²) in [6, 6.07) is 6.61. The van der Waals surface area contributed by atoms with Crippen LogP contribution in [0, 0.1) is 5.92 Å². The molecule has 15 heavy (non-hydrogen) atoms. The molecule has 0 aromatic heterocycles. The summed E-state index contributed by atoms with van der Waals surface area (Å²) >= 11 is 0. The molecule has 0 saturated heterocycles. The molecular formula is C12H15NO2. The fourth-order valence-electron chi connectivity index (χ4n) is 1.69. The molecule has 0 heterocycles. The van der Waals surface area contributed by atoms with Gasteiger partial charge >= 0.3 is 0 Å². The van der Waals surface area contributed by atoms with E-state index in [1.165, 1.54) is 25.3 Å². The van der Waals surface area contributed by atoms with E-state index >= 15 is 0 Å². The highest BCUT2D eigenvalue weighted by Gasteiger charge is 2.18. The number of aromatic hydroxyl groups is 1. The number of hydrogen-bond acceptors (Lipinski definition) is 2. The third-order valence-corrected chi connectivity index (χ3v) is 2.92. The topological polar surface area (TPSA) is 49.3 Å². The smallest absolute Gasteiger partial charge is 0.255 e. The molecule has 0 radical (unpaired) electrons. The largest absolute Gasteiger partial charge is 0.507 e. The van der Waals surface area contributed by atoms with E-state index in [9.17, 15) is 9.90 Å². The molecule has 1 aliphatic rings. The molecule has 0 atom stereocenters. The van der Waals surface area contributed by atoms with Gasteiger partial charge in [0.1, 0.15) is 5.75 Å². The van der Waals surface area contributed by atoms with Crippen molar-refractivity contribution in [2.24, 2.45) is 5.92 Å². The third kappa shape index (κ3) is 2.29. The van der Waals surface area contributed by atoms with Crippen LogP contribution in [-0.2, 0) is 0 Å². The molecular weight excluding hydrogens is 190 g/mol. The number of carbonyl (C=O) groups excluding carboxylic acids is 1. The quantitative estimate of drug-likeness (QED) is 0.792. The maximum Gasteiger partial charge on any atom is 0.255 e. The first-order valence-corrected chi connectivity index (χ1v) is 5.33. The van der Waals surface area contributed by atoms with E-state index in [2.05, 4.69) is 5.32 Å². The zero-order chi connectivity index (χ0) is 10.7. The van der Waals surface area contributed by atoms with Crippen LogP contribution < -0.4 is 5.32 Å². The minimum absolute atomic E-state index is 0.0450. The maximum absolute atomic E-state index is 11.6. The number of phenols is 1. The summed E-state index contributed by atoms with van der Waals surface area (Å²) in [6.45, 7) is 0.729. The van der Waals surface area contributed by atoms with E-state index in [0.717, 1.165) is 6.54 Å². The zero-order valence-electron chi connectivity index (χ0n) is 8.57. The SMILES string of the molecule is O=C(NCC1CCC1)c1ccccc1O. The highest BCUT2D eigenvalue weighted by Crippen LogP contribution is 2.25. The van der Waals surface area contributed by atoms with Crippen molar-refractivity contribution in [2.75, 3.05) is 6.54 Å². The number of hydrogen-bond donors (Lipinski definition) is 2. The van der Waals surface area contributed by atoms with Gasteiger partial charge in [0, 0.05) is 6.54 Å². The van der Waals surface area contributed by atoms with Gasteiger partial charge in [0.2, 0.25) is 0 Å². The summed E-state index contributed by atoms with van der Waals surface area (Å²) in [5, 5.41) is 12.3. The van der Waals surface area contributed by atoms with E-state index in [0.29, 0.717) is 11.5 Å². The lowest BCUT2D eigenvalue weighted by atomic mass is 9.85. The molecule has 80 valence electrons. The highest BCUT2D eigenvalue weighted by molar-refractivity contribution is 5.96. The monoisotopic (exact) mass is 205 g/mol. The third-order valence-electron chi connectivity index (χ3n) is 2.92. The second-order valence-electron chi connectivity index (χ2n) is 4.02. The first-order chi connectivity index (χ1) is 7.27. The van der Waals surface area contributed by atoms with Crippen LogP contribution in [-0.4, -0.2) is 17.6 Å². The lowest BCUT2D eigenvalue weighted by molar-refractivity contribution is 0.0936. The summed E-state index contributed by atoms with van der Waals surface area (Å²) in [4.78, 5) is 11.6. The van der Waals surface area contributed by atoms with Gasteiger partial charge in [0.05, 0.1) is 5.56 Å². The molecule has 1 aromatic rings. The van der Waals surface area contributed by atoms with Crippen molar-refractivity contribution < 1.29 is 9.90 Å². The van der Waals surface area contributed by atoms with E-state index in [-0.39, 0.29) is 11.7 Å². The summed E-state index contributed by atoms with van der Waals surface area (Å²) in [5.41, 5.74) is 0.358. The fraction of sp³-hybridized carbons (Fsp3) is 0.417. The minimum atomic E-state index is -0.181. The Hall–Kier alpha value is -1.51. The maximum atomic E-state index is 11.6. The van der Waals surface area contributed by atoms with Crippen LogP contribution in [0.1, 0.15) is 29.6 Å². The second kappa shape index (κ2) is 4.34. The summed E-state index contributed by atoms with van der Waals surface area (Å²) < 4.78 is 0. The standard InChI is InChI=1S/C12H15NO2/c14-11-7-2-1-6-10(11)12(15)13-8-9-4-3-5-9/h1-2,6-7,9,14H,3-5,8H2,(H,13,15). The number of amides is 1. The lowest BCUT2D eigenvalue weighted by Gasteiger charge is -2.25. The van der Waals surface area contributed by atoms with E-state index < -0.39 is 0 Å². The van der Waals surface area contributed by atoms with E-state index in [4.69, 9.17) is 0 Å². The van der Waals surface area contributed by atoms with Crippen molar-refractivity contribution in [3.05, 3.63) is 29.8 Å². The van der Waals surface area contributed by atoms with Crippen molar-refractivity contribution in [1.29, 1.82) is 0 Å². The van der Waals surface area contributed by atoms with Gasteiger partial charge in [-0.25, -0.2) is 0 Å². The van der Waals surface area contributed by atoms with Crippen molar-refractivity contribution in [1.82, 2.24) is 5.32 Å². The van der Waals surface area contributed by atoms with Gasteiger partial charge in [-0.05, 0) is 30.9 Å². The highest BCUT2D eigenvalue weighted by atomic mass is 16.3. The number of rotatable bonds is 3. The van der Waals surface area contributed by atoms with Gasteiger partial charge in [-0.2, -0.15) is 0 Å². The lowest BCUT2D eigenvalue weighted by Crippen LogP contribution is -2.32. The summed E-state index contributed by atoms with van der Waals surface area (Å²) in [7, 11) is 0. The fourth-order valence-corrected chi connectivity index (χ4v) is 1.69. The van der Waals surface area contributed by atoms with Gasteiger partial charge in [0.15, 0.2) is 0 Å². The number of nitrogens with one attached hydrogen (secondary N) is 1. The number of phenolic OH excluding ortho intramolecular Hbond substituents is 1. The first kappa shape index (κ1) is 10.0. The molecule has 1 saturated carbocycles. The van der Waals surface area contributed by atoms with Gasteiger partial charge in [-0.1, -0.05) is 18.6 Å². The van der Waals surface area contributed by atoms with Gasteiger partial charge in [-0.3, -0.25) is 4.79 Å². The van der Waals surface area contributed by atoms with Crippen molar-refractivity contribution >= 4 is 5.91 Å². The van der Waals surface area contributed by atoms with E-state index in [1.807, 2.05) is 0 Å². The van der Waals surface area contributed by atoms with E-state index in [1.54, 1.807) is 18.2 Å². The van der Waals surface area contributed by atoms with Gasteiger partial charge in [0.25, 0.3) is 5.91 Å².